The normalized spacial score (nSPS) is 37.3. The summed E-state index contributed by atoms with van der Waals surface area (Å²) >= 11 is 0.0620. The number of ether oxygens (including phenoxy) is 1. The van der Waals surface area contributed by atoms with Gasteiger partial charge >= 0.3 is 105 Å². The van der Waals surface area contributed by atoms with E-state index in [1.165, 1.54) is 3.58 Å². The summed E-state index contributed by atoms with van der Waals surface area (Å²) in [6, 6.07) is 0.231. The van der Waals surface area contributed by atoms with Gasteiger partial charge in [-0.05, 0) is 0 Å². The zero-order chi connectivity index (χ0) is 11.1. The number of hydrogen-bond donors (Lipinski definition) is 0. The molecule has 4 heteroatoms. The number of carbonyl (C=O) groups is 1. The van der Waals surface area contributed by atoms with E-state index in [0.29, 0.717) is 0 Å². The van der Waals surface area contributed by atoms with Crippen LogP contribution in [0.4, 0.5) is 0 Å². The zero-order valence-corrected chi connectivity index (χ0v) is 11.1. The monoisotopic (exact) mass is 330 g/mol. The van der Waals surface area contributed by atoms with Crippen LogP contribution >= 0.6 is 0 Å². The summed E-state index contributed by atoms with van der Waals surface area (Å²) in [7, 11) is 0. The Labute approximate surface area is 105 Å². The standard InChI is InChI=1S/C12H13INO2/c1-8-3-2-4-9(7-13-8)14-11(15)6-5-10-12(14)16-10/h2-6,9-10,12H,7H2,1H3/q-1. The van der Waals surface area contributed by atoms with Crippen LogP contribution in [0.25, 0.3) is 0 Å². The Kier molecular flexibility index (Phi) is 2.63. The first kappa shape index (κ1) is 10.5. The maximum absolute atomic E-state index is 11.8. The third kappa shape index (κ3) is 1.84. The van der Waals surface area contributed by atoms with Gasteiger partial charge in [0.15, 0.2) is 0 Å². The molecule has 1 saturated heterocycles. The van der Waals surface area contributed by atoms with E-state index in [1.54, 1.807) is 6.08 Å². The van der Waals surface area contributed by atoms with Crippen molar-refractivity contribution in [2.24, 2.45) is 0 Å². The molecule has 3 unspecified atom stereocenters. The number of alkyl halides is 1. The van der Waals surface area contributed by atoms with Crippen LogP contribution in [0, 0.1) is 0 Å². The molecule has 0 radical (unpaired) electrons. The first-order chi connectivity index (χ1) is 7.75. The van der Waals surface area contributed by atoms with Gasteiger partial charge in [-0.2, -0.15) is 0 Å². The molecule has 3 aliphatic heterocycles. The first-order valence-electron chi connectivity index (χ1n) is 5.36. The number of halogens is 1. The predicted octanol–water partition coefficient (Wildman–Crippen LogP) is -1.96. The van der Waals surface area contributed by atoms with Crippen LogP contribution in [-0.4, -0.2) is 33.6 Å². The van der Waals surface area contributed by atoms with E-state index in [1.807, 2.05) is 11.0 Å². The number of amides is 1. The molecule has 0 spiro atoms. The number of fused-ring (bicyclic) bond motifs is 1. The van der Waals surface area contributed by atoms with Gasteiger partial charge in [0.25, 0.3) is 0 Å². The second-order valence-corrected chi connectivity index (χ2v) is 7.43. The SMILES string of the molecule is CC1=CC=CC(N2C(=O)C=CC3OC32)C[I-]1. The molecule has 1 fully saturated rings. The molecule has 0 aliphatic carbocycles. The fourth-order valence-electron chi connectivity index (χ4n) is 2.00. The van der Waals surface area contributed by atoms with Crippen molar-refractivity contribution in [1.82, 2.24) is 4.90 Å². The summed E-state index contributed by atoms with van der Waals surface area (Å²) in [6.07, 6.45) is 10.1. The molecule has 86 valence electrons. The van der Waals surface area contributed by atoms with E-state index in [-0.39, 0.29) is 45.5 Å². The van der Waals surface area contributed by atoms with Crippen molar-refractivity contribution in [2.45, 2.75) is 25.3 Å². The van der Waals surface area contributed by atoms with Crippen molar-refractivity contribution in [3.8, 4) is 0 Å². The van der Waals surface area contributed by atoms with Crippen molar-refractivity contribution in [1.29, 1.82) is 0 Å². The van der Waals surface area contributed by atoms with Gasteiger partial charge in [-0.15, -0.1) is 0 Å². The molecule has 1 amide bonds. The Morgan fingerprint density at radius 2 is 2.38 bits per heavy atom. The van der Waals surface area contributed by atoms with Gasteiger partial charge in [0, 0.05) is 0 Å². The molecule has 3 aliphatic rings. The number of nitrogens with zero attached hydrogens (tertiary/aromatic N) is 1. The second-order valence-electron chi connectivity index (χ2n) is 4.09. The Bertz CT molecular complexity index is 413. The maximum atomic E-state index is 11.8. The molecule has 3 atom stereocenters. The number of allylic oxidation sites excluding steroid dienone is 3. The first-order valence-corrected chi connectivity index (χ1v) is 7.96. The van der Waals surface area contributed by atoms with E-state index in [4.69, 9.17) is 4.74 Å². The van der Waals surface area contributed by atoms with Gasteiger partial charge in [0.05, 0.1) is 0 Å². The minimum absolute atomic E-state index is 0.00886. The van der Waals surface area contributed by atoms with Crippen molar-refractivity contribution >= 4 is 5.91 Å². The van der Waals surface area contributed by atoms with Crippen molar-refractivity contribution in [2.75, 3.05) is 4.43 Å². The van der Waals surface area contributed by atoms with Gasteiger partial charge in [0.1, 0.15) is 0 Å². The van der Waals surface area contributed by atoms with E-state index < -0.39 is 0 Å². The van der Waals surface area contributed by atoms with Crippen LogP contribution in [0.15, 0.2) is 34.0 Å². The van der Waals surface area contributed by atoms with Crippen molar-refractivity contribution in [3.05, 3.63) is 34.0 Å². The van der Waals surface area contributed by atoms with E-state index in [0.717, 1.165) is 4.43 Å². The number of rotatable bonds is 1. The molecular weight excluding hydrogens is 317 g/mol. The average molecular weight is 330 g/mol. The third-order valence-electron chi connectivity index (χ3n) is 2.92. The van der Waals surface area contributed by atoms with Crippen LogP contribution in [0.5, 0.6) is 0 Å². The Hall–Kier alpha value is -0.620. The van der Waals surface area contributed by atoms with Crippen LogP contribution in [0.1, 0.15) is 6.92 Å². The molecular formula is C12H13INO2-. The second kappa shape index (κ2) is 4.00. The van der Waals surface area contributed by atoms with Crippen LogP contribution < -0.4 is 21.2 Å². The molecule has 0 aromatic carbocycles. The third-order valence-corrected chi connectivity index (χ3v) is 5.83. The predicted molar refractivity (Wildman–Crippen MR) is 56.2 cm³/mol. The molecule has 16 heavy (non-hydrogen) atoms. The number of hydrogen-bond acceptors (Lipinski definition) is 2. The van der Waals surface area contributed by atoms with Gasteiger partial charge in [-0.3, -0.25) is 0 Å². The van der Waals surface area contributed by atoms with Gasteiger partial charge in [-0.1, -0.05) is 0 Å². The van der Waals surface area contributed by atoms with Crippen LogP contribution in [-0.2, 0) is 9.53 Å². The summed E-state index contributed by atoms with van der Waals surface area (Å²) in [5, 5.41) is 0. The molecule has 0 saturated carbocycles. The van der Waals surface area contributed by atoms with Crippen molar-refractivity contribution in [3.63, 3.8) is 0 Å². The molecule has 0 bridgehead atoms. The van der Waals surface area contributed by atoms with E-state index >= 15 is 0 Å². The summed E-state index contributed by atoms with van der Waals surface area (Å²) in [4.78, 5) is 13.7. The van der Waals surface area contributed by atoms with E-state index in [2.05, 4.69) is 25.2 Å². The minimum atomic E-state index is 0.00886. The summed E-state index contributed by atoms with van der Waals surface area (Å²) in [5.74, 6) is 0.0944. The van der Waals surface area contributed by atoms with Crippen LogP contribution in [0.3, 0.4) is 0 Å². The average Bonchev–Trinajstić information content (AvgIpc) is 3.03. The zero-order valence-electron chi connectivity index (χ0n) is 8.97. The topological polar surface area (TPSA) is 32.8 Å². The van der Waals surface area contributed by atoms with Crippen molar-refractivity contribution < 1.29 is 30.7 Å². The Morgan fingerprint density at radius 3 is 3.25 bits per heavy atom. The molecule has 3 rings (SSSR count). The Balaban J connectivity index is 1.78. The van der Waals surface area contributed by atoms with E-state index in [9.17, 15) is 4.79 Å². The molecule has 0 aromatic rings. The van der Waals surface area contributed by atoms with Crippen LogP contribution in [0.2, 0.25) is 0 Å². The molecule has 0 N–H and O–H groups in total. The quantitative estimate of drug-likeness (QED) is 0.318. The summed E-state index contributed by atoms with van der Waals surface area (Å²) in [5.41, 5.74) is 0. The molecule has 3 heterocycles. The van der Waals surface area contributed by atoms with Gasteiger partial charge in [0.2, 0.25) is 0 Å². The summed E-state index contributed by atoms with van der Waals surface area (Å²) in [6.45, 7) is 2.17. The van der Waals surface area contributed by atoms with Gasteiger partial charge in [-0.25, -0.2) is 0 Å². The molecule has 3 nitrogen and oxygen atoms in total. The number of carbonyl (C=O) groups excluding carboxylic acids is 1. The fourth-order valence-corrected chi connectivity index (χ4v) is 4.33. The number of epoxide rings is 1. The van der Waals surface area contributed by atoms with Gasteiger partial charge < -0.3 is 0 Å². The summed E-state index contributed by atoms with van der Waals surface area (Å²) < 4.78 is 8.04. The molecule has 0 aromatic heterocycles. The fraction of sp³-hybridized carbons (Fsp3) is 0.417. The Morgan fingerprint density at radius 1 is 1.50 bits per heavy atom.